The zero-order valence-corrected chi connectivity index (χ0v) is 13.6. The number of carboxylic acids is 1. The molecule has 124 valence electrons. The van der Waals surface area contributed by atoms with Gasteiger partial charge in [0, 0.05) is 28.9 Å². The van der Waals surface area contributed by atoms with Crippen molar-refractivity contribution >= 4 is 11.9 Å². The molecule has 5 nitrogen and oxygen atoms in total. The lowest BCUT2D eigenvalue weighted by molar-refractivity contribution is -0.138. The summed E-state index contributed by atoms with van der Waals surface area (Å²) < 4.78 is 5.70. The second-order valence-electron chi connectivity index (χ2n) is 7.27. The first-order valence-corrected chi connectivity index (χ1v) is 8.10. The summed E-state index contributed by atoms with van der Waals surface area (Å²) in [6, 6.07) is 7.95. The van der Waals surface area contributed by atoms with Gasteiger partial charge < -0.3 is 15.2 Å². The Bertz CT molecular complexity index is 640. The first kappa shape index (κ1) is 15.8. The summed E-state index contributed by atoms with van der Waals surface area (Å²) in [6.07, 6.45) is 2.18. The normalized spacial score (nSPS) is 25.4. The fourth-order valence-electron chi connectivity index (χ4n) is 3.61. The molecule has 2 N–H and O–H groups in total. The van der Waals surface area contributed by atoms with Crippen molar-refractivity contribution in [1.29, 1.82) is 0 Å². The van der Waals surface area contributed by atoms with Gasteiger partial charge in [-0.1, -0.05) is 18.2 Å². The van der Waals surface area contributed by atoms with Crippen LogP contribution in [0, 0.1) is 5.92 Å². The average molecular weight is 317 g/mol. The van der Waals surface area contributed by atoms with Gasteiger partial charge in [-0.3, -0.25) is 9.59 Å². The third kappa shape index (κ3) is 3.05. The van der Waals surface area contributed by atoms with Crippen molar-refractivity contribution in [2.45, 2.75) is 50.5 Å². The number of hydrogen-bond acceptors (Lipinski definition) is 3. The topological polar surface area (TPSA) is 75.6 Å². The lowest BCUT2D eigenvalue weighted by Gasteiger charge is -2.29. The van der Waals surface area contributed by atoms with Gasteiger partial charge in [-0.15, -0.1) is 0 Å². The van der Waals surface area contributed by atoms with Gasteiger partial charge in [0.05, 0.1) is 6.61 Å². The van der Waals surface area contributed by atoms with E-state index in [2.05, 4.69) is 11.4 Å². The van der Waals surface area contributed by atoms with Crippen LogP contribution in [0.2, 0.25) is 0 Å². The Hall–Kier alpha value is -2.04. The third-order valence-electron chi connectivity index (χ3n) is 5.05. The summed E-state index contributed by atoms with van der Waals surface area (Å²) in [5.41, 5.74) is 0.529. The molecule has 3 rings (SSSR count). The van der Waals surface area contributed by atoms with Crippen LogP contribution in [-0.4, -0.2) is 29.1 Å². The van der Waals surface area contributed by atoms with Crippen LogP contribution in [0.25, 0.3) is 0 Å². The number of ether oxygens (including phenoxy) is 1. The molecule has 0 aromatic heterocycles. The number of carbonyl (C=O) groups excluding carboxylic acids is 1. The maximum Gasteiger partial charge on any atom is 0.303 e. The van der Waals surface area contributed by atoms with Crippen LogP contribution in [0.1, 0.15) is 45.1 Å². The van der Waals surface area contributed by atoms with E-state index in [0.29, 0.717) is 13.0 Å². The minimum absolute atomic E-state index is 0.0251. The van der Waals surface area contributed by atoms with Crippen molar-refractivity contribution in [1.82, 2.24) is 5.32 Å². The molecule has 0 unspecified atom stereocenters. The number of aliphatic carboxylic acids is 1. The Labute approximate surface area is 136 Å². The number of benzene rings is 1. The van der Waals surface area contributed by atoms with Gasteiger partial charge in [0.2, 0.25) is 5.91 Å². The molecule has 1 aliphatic heterocycles. The number of rotatable bonds is 5. The van der Waals surface area contributed by atoms with Crippen LogP contribution in [0.5, 0.6) is 5.75 Å². The molecule has 1 aromatic rings. The van der Waals surface area contributed by atoms with Crippen LogP contribution < -0.4 is 10.1 Å². The number of nitrogens with one attached hydrogen (secondary N) is 1. The first-order chi connectivity index (χ1) is 10.8. The van der Waals surface area contributed by atoms with E-state index >= 15 is 0 Å². The van der Waals surface area contributed by atoms with Gasteiger partial charge in [-0.25, -0.2) is 0 Å². The molecule has 1 aromatic carbocycles. The van der Waals surface area contributed by atoms with Gasteiger partial charge >= 0.3 is 5.97 Å². The van der Waals surface area contributed by atoms with Crippen LogP contribution in [0.3, 0.4) is 0 Å². The molecule has 0 radical (unpaired) electrons. The molecule has 1 heterocycles. The monoisotopic (exact) mass is 317 g/mol. The zero-order valence-electron chi connectivity index (χ0n) is 13.6. The molecule has 1 aliphatic carbocycles. The summed E-state index contributed by atoms with van der Waals surface area (Å²) >= 11 is 0. The van der Waals surface area contributed by atoms with E-state index in [1.54, 1.807) is 0 Å². The molecule has 2 aliphatic rings. The van der Waals surface area contributed by atoms with E-state index in [1.807, 2.05) is 32.0 Å². The first-order valence-electron chi connectivity index (χ1n) is 8.10. The van der Waals surface area contributed by atoms with Gasteiger partial charge in [-0.2, -0.15) is 0 Å². The van der Waals surface area contributed by atoms with Crippen molar-refractivity contribution in [2.75, 3.05) is 6.61 Å². The van der Waals surface area contributed by atoms with Crippen molar-refractivity contribution in [3.63, 3.8) is 0 Å². The van der Waals surface area contributed by atoms with Crippen LogP contribution in [0.15, 0.2) is 24.3 Å². The number of fused-ring (bicyclic) bond motifs is 2. The summed E-state index contributed by atoms with van der Waals surface area (Å²) in [5, 5.41) is 11.8. The molecule has 5 heteroatoms. The second kappa shape index (κ2) is 5.55. The van der Waals surface area contributed by atoms with E-state index in [0.717, 1.165) is 24.2 Å². The van der Waals surface area contributed by atoms with Crippen molar-refractivity contribution < 1.29 is 19.4 Å². The van der Waals surface area contributed by atoms with E-state index < -0.39 is 11.5 Å². The molecule has 0 bridgehead atoms. The van der Waals surface area contributed by atoms with Gasteiger partial charge in [-0.05, 0) is 39.2 Å². The predicted octanol–water partition coefficient (Wildman–Crippen LogP) is 2.49. The fraction of sp³-hybridized carbons (Fsp3) is 0.556. The zero-order chi connectivity index (χ0) is 16.7. The van der Waals surface area contributed by atoms with E-state index in [-0.39, 0.29) is 23.7 Å². The van der Waals surface area contributed by atoms with Crippen LogP contribution in [0.4, 0.5) is 0 Å². The summed E-state index contributed by atoms with van der Waals surface area (Å²) in [6.45, 7) is 4.39. The maximum absolute atomic E-state index is 12.6. The Kier molecular flexibility index (Phi) is 3.82. The number of carboxylic acid groups (broad SMARTS) is 1. The quantitative estimate of drug-likeness (QED) is 0.875. The van der Waals surface area contributed by atoms with Gasteiger partial charge in [0.15, 0.2) is 0 Å². The highest BCUT2D eigenvalue weighted by Crippen LogP contribution is 2.60. The second-order valence-corrected chi connectivity index (χ2v) is 7.27. The largest absolute Gasteiger partial charge is 0.493 e. The maximum atomic E-state index is 12.6. The minimum Gasteiger partial charge on any atom is -0.493 e. The van der Waals surface area contributed by atoms with Gasteiger partial charge in [0.1, 0.15) is 5.75 Å². The predicted molar refractivity (Wildman–Crippen MR) is 85.4 cm³/mol. The molecule has 0 saturated heterocycles. The molecule has 1 amide bonds. The van der Waals surface area contributed by atoms with Crippen LogP contribution >= 0.6 is 0 Å². The Balaban J connectivity index is 1.69. The van der Waals surface area contributed by atoms with Crippen LogP contribution in [-0.2, 0) is 15.0 Å². The average Bonchev–Trinajstić information content (AvgIpc) is 3.21. The van der Waals surface area contributed by atoms with Gasteiger partial charge in [0.25, 0.3) is 0 Å². The van der Waals surface area contributed by atoms with E-state index in [4.69, 9.17) is 9.84 Å². The smallest absolute Gasteiger partial charge is 0.303 e. The Morgan fingerprint density at radius 1 is 1.39 bits per heavy atom. The number of para-hydroxylation sites is 1. The van der Waals surface area contributed by atoms with Crippen molar-refractivity contribution in [3.05, 3.63) is 29.8 Å². The number of carbonyl (C=O) groups is 2. The molecule has 1 spiro atoms. The highest BCUT2D eigenvalue weighted by atomic mass is 16.5. The fourth-order valence-corrected chi connectivity index (χ4v) is 3.61. The van der Waals surface area contributed by atoms with Crippen molar-refractivity contribution in [3.8, 4) is 5.75 Å². The Morgan fingerprint density at radius 3 is 2.87 bits per heavy atom. The third-order valence-corrected chi connectivity index (χ3v) is 5.05. The highest BCUT2D eigenvalue weighted by molar-refractivity contribution is 5.85. The number of hydrogen-bond donors (Lipinski definition) is 2. The van der Waals surface area contributed by atoms with E-state index in [9.17, 15) is 9.59 Å². The SMILES string of the molecule is CC(C)(CCC(=O)O)NC(=O)[C@@H]1C[C@]12CCOc1ccccc12. The standard InChI is InChI=1S/C18H23NO4/c1-17(2,8-7-15(20)21)19-16(22)13-11-18(13)9-10-23-14-6-4-3-5-12(14)18/h3-6,13H,7-11H2,1-2H3,(H,19,22)(H,20,21)/t13-,18-/m0/s1. The molecule has 23 heavy (non-hydrogen) atoms. The van der Waals surface area contributed by atoms with Crippen molar-refractivity contribution in [2.24, 2.45) is 5.92 Å². The summed E-state index contributed by atoms with van der Waals surface area (Å²) in [4.78, 5) is 23.4. The molecular formula is C18H23NO4. The molecule has 2 atom stereocenters. The Morgan fingerprint density at radius 2 is 2.13 bits per heavy atom. The lowest BCUT2D eigenvalue weighted by Crippen LogP contribution is -2.45. The molecular weight excluding hydrogens is 294 g/mol. The minimum atomic E-state index is -0.839. The summed E-state index contributed by atoms with van der Waals surface area (Å²) in [7, 11) is 0. The lowest BCUT2D eigenvalue weighted by atomic mass is 9.87. The number of amides is 1. The highest BCUT2D eigenvalue weighted by Gasteiger charge is 2.61. The van der Waals surface area contributed by atoms with E-state index in [1.165, 1.54) is 0 Å². The summed E-state index contributed by atoms with van der Waals surface area (Å²) in [5.74, 6) is 0.0292. The molecule has 1 fully saturated rings. The molecule has 1 saturated carbocycles.